The Morgan fingerprint density at radius 3 is 2.35 bits per heavy atom. The van der Waals surface area contributed by atoms with Crippen LogP contribution in [0.15, 0.2) is 30.7 Å². The number of benzene rings is 1. The first-order chi connectivity index (χ1) is 9.76. The number of nitriles is 1. The summed E-state index contributed by atoms with van der Waals surface area (Å²) in [6.45, 7) is 0. The Hall–Kier alpha value is -3.05. The molecule has 2 rings (SSSR count). The van der Waals surface area contributed by atoms with Crippen LogP contribution in [0.5, 0.6) is 11.5 Å². The van der Waals surface area contributed by atoms with Gasteiger partial charge in [-0.3, -0.25) is 0 Å². The minimum Gasteiger partial charge on any atom is -0.497 e. The van der Waals surface area contributed by atoms with Crippen molar-refractivity contribution >= 4 is 0 Å². The number of aromatic nitrogens is 2. The molecule has 0 radical (unpaired) electrons. The second kappa shape index (κ2) is 6.21. The van der Waals surface area contributed by atoms with Gasteiger partial charge in [-0.1, -0.05) is 5.92 Å². The highest BCUT2D eigenvalue weighted by molar-refractivity contribution is 5.50. The van der Waals surface area contributed by atoms with E-state index in [1.807, 2.05) is 6.07 Å². The fraction of sp³-hybridized carbons (Fsp3) is 0.133. The van der Waals surface area contributed by atoms with Crippen molar-refractivity contribution in [2.75, 3.05) is 14.2 Å². The van der Waals surface area contributed by atoms with E-state index < -0.39 is 0 Å². The SMILES string of the molecule is COc1cc(C#Cc2ncncc2C#N)cc(OC)c1. The molecule has 5 heteroatoms. The molecule has 0 aliphatic carbocycles. The molecule has 0 unspecified atom stereocenters. The summed E-state index contributed by atoms with van der Waals surface area (Å²) < 4.78 is 10.3. The molecule has 0 amide bonds. The van der Waals surface area contributed by atoms with Gasteiger partial charge in [0.25, 0.3) is 0 Å². The molecule has 0 spiro atoms. The van der Waals surface area contributed by atoms with Gasteiger partial charge in [-0.15, -0.1) is 0 Å². The zero-order valence-electron chi connectivity index (χ0n) is 11.0. The lowest BCUT2D eigenvalue weighted by Gasteiger charge is -2.04. The largest absolute Gasteiger partial charge is 0.497 e. The van der Waals surface area contributed by atoms with E-state index in [0.29, 0.717) is 28.3 Å². The molecular weight excluding hydrogens is 254 g/mol. The Kier molecular flexibility index (Phi) is 4.16. The zero-order valence-corrected chi connectivity index (χ0v) is 11.0. The van der Waals surface area contributed by atoms with E-state index in [4.69, 9.17) is 14.7 Å². The van der Waals surface area contributed by atoms with Crippen molar-refractivity contribution in [3.05, 3.63) is 47.5 Å². The minimum atomic E-state index is 0.342. The maximum atomic E-state index is 8.94. The highest BCUT2D eigenvalue weighted by Crippen LogP contribution is 2.21. The number of hydrogen-bond donors (Lipinski definition) is 0. The van der Waals surface area contributed by atoms with Crippen LogP contribution < -0.4 is 9.47 Å². The van der Waals surface area contributed by atoms with E-state index in [1.54, 1.807) is 32.4 Å². The second-order valence-electron chi connectivity index (χ2n) is 3.75. The number of hydrogen-bond acceptors (Lipinski definition) is 5. The quantitative estimate of drug-likeness (QED) is 0.774. The van der Waals surface area contributed by atoms with Crippen LogP contribution in [0.4, 0.5) is 0 Å². The van der Waals surface area contributed by atoms with Gasteiger partial charge < -0.3 is 9.47 Å². The van der Waals surface area contributed by atoms with Crippen LogP contribution in [0.1, 0.15) is 16.8 Å². The molecule has 0 bridgehead atoms. The van der Waals surface area contributed by atoms with E-state index in [0.717, 1.165) is 0 Å². The Bertz CT molecular complexity index is 702. The zero-order chi connectivity index (χ0) is 14.4. The molecule has 98 valence electrons. The van der Waals surface area contributed by atoms with Crippen molar-refractivity contribution < 1.29 is 9.47 Å². The lowest BCUT2D eigenvalue weighted by atomic mass is 10.2. The lowest BCUT2D eigenvalue weighted by Crippen LogP contribution is -1.91. The molecule has 1 heterocycles. The molecule has 0 fully saturated rings. The normalized spacial score (nSPS) is 9.05. The third-order valence-electron chi connectivity index (χ3n) is 2.51. The van der Waals surface area contributed by atoms with Gasteiger partial charge in [-0.25, -0.2) is 9.97 Å². The summed E-state index contributed by atoms with van der Waals surface area (Å²) in [6.07, 6.45) is 2.79. The first kappa shape index (κ1) is 13.4. The summed E-state index contributed by atoms with van der Waals surface area (Å²) in [5.41, 5.74) is 1.45. The number of ether oxygens (including phenoxy) is 2. The minimum absolute atomic E-state index is 0.342. The van der Waals surface area contributed by atoms with Crippen molar-refractivity contribution in [2.24, 2.45) is 0 Å². The summed E-state index contributed by atoms with van der Waals surface area (Å²) in [4.78, 5) is 7.76. The summed E-state index contributed by atoms with van der Waals surface area (Å²) in [6, 6.07) is 7.32. The van der Waals surface area contributed by atoms with Crippen molar-refractivity contribution in [3.63, 3.8) is 0 Å². The van der Waals surface area contributed by atoms with Crippen LogP contribution in [0, 0.1) is 23.2 Å². The van der Waals surface area contributed by atoms with Gasteiger partial charge in [0.1, 0.15) is 35.2 Å². The van der Waals surface area contributed by atoms with Crippen LogP contribution in [-0.4, -0.2) is 24.2 Å². The van der Waals surface area contributed by atoms with Gasteiger partial charge in [0.15, 0.2) is 0 Å². The van der Waals surface area contributed by atoms with Crippen molar-refractivity contribution in [1.29, 1.82) is 5.26 Å². The summed E-state index contributed by atoms with van der Waals surface area (Å²) in [7, 11) is 3.15. The fourth-order valence-electron chi connectivity index (χ4n) is 1.52. The molecule has 0 saturated carbocycles. The summed E-state index contributed by atoms with van der Waals surface area (Å²) >= 11 is 0. The Morgan fingerprint density at radius 2 is 1.75 bits per heavy atom. The van der Waals surface area contributed by atoms with Crippen molar-refractivity contribution in [1.82, 2.24) is 9.97 Å². The summed E-state index contributed by atoms with van der Waals surface area (Å²) in [5.74, 6) is 7.08. The molecule has 5 nitrogen and oxygen atoms in total. The van der Waals surface area contributed by atoms with Gasteiger partial charge in [-0.2, -0.15) is 5.26 Å². The Balaban J connectivity index is 2.40. The topological polar surface area (TPSA) is 68.0 Å². The highest BCUT2D eigenvalue weighted by Gasteiger charge is 2.01. The van der Waals surface area contributed by atoms with Crippen LogP contribution in [-0.2, 0) is 0 Å². The number of rotatable bonds is 2. The Morgan fingerprint density at radius 1 is 1.05 bits per heavy atom. The number of nitrogens with zero attached hydrogens (tertiary/aromatic N) is 3. The first-order valence-electron chi connectivity index (χ1n) is 5.72. The number of methoxy groups -OCH3 is 2. The molecule has 1 aromatic heterocycles. The van der Waals surface area contributed by atoms with Gasteiger partial charge in [0.2, 0.25) is 0 Å². The molecule has 1 aromatic carbocycles. The van der Waals surface area contributed by atoms with Crippen LogP contribution in [0.25, 0.3) is 0 Å². The van der Waals surface area contributed by atoms with E-state index in [9.17, 15) is 0 Å². The van der Waals surface area contributed by atoms with E-state index >= 15 is 0 Å². The molecular formula is C15H11N3O2. The molecule has 20 heavy (non-hydrogen) atoms. The fourth-order valence-corrected chi connectivity index (χ4v) is 1.52. The molecule has 0 aliphatic rings. The second-order valence-corrected chi connectivity index (χ2v) is 3.75. The Labute approximate surface area is 116 Å². The predicted molar refractivity (Wildman–Crippen MR) is 72.3 cm³/mol. The third kappa shape index (κ3) is 3.04. The van der Waals surface area contributed by atoms with Gasteiger partial charge >= 0.3 is 0 Å². The van der Waals surface area contributed by atoms with Crippen molar-refractivity contribution in [2.45, 2.75) is 0 Å². The highest BCUT2D eigenvalue weighted by atomic mass is 16.5. The van der Waals surface area contributed by atoms with Crippen LogP contribution >= 0.6 is 0 Å². The average molecular weight is 265 g/mol. The van der Waals surface area contributed by atoms with Gasteiger partial charge in [-0.05, 0) is 18.1 Å². The molecule has 2 aromatic rings. The molecule has 0 aliphatic heterocycles. The lowest BCUT2D eigenvalue weighted by molar-refractivity contribution is 0.394. The average Bonchev–Trinajstić information content (AvgIpc) is 2.52. The standard InChI is InChI=1S/C15H11N3O2/c1-19-13-5-11(6-14(7-13)20-2)3-4-15-12(8-16)9-17-10-18-15/h5-7,9-10H,1-2H3. The third-order valence-corrected chi connectivity index (χ3v) is 2.51. The van der Waals surface area contributed by atoms with Crippen LogP contribution in [0.2, 0.25) is 0 Å². The van der Waals surface area contributed by atoms with E-state index in [2.05, 4.69) is 21.8 Å². The van der Waals surface area contributed by atoms with Gasteiger partial charge in [0.05, 0.1) is 14.2 Å². The first-order valence-corrected chi connectivity index (χ1v) is 5.72. The maximum absolute atomic E-state index is 8.94. The van der Waals surface area contributed by atoms with E-state index in [1.165, 1.54) is 12.5 Å². The molecule has 0 atom stereocenters. The van der Waals surface area contributed by atoms with E-state index in [-0.39, 0.29) is 0 Å². The van der Waals surface area contributed by atoms with Crippen LogP contribution in [0.3, 0.4) is 0 Å². The van der Waals surface area contributed by atoms with Gasteiger partial charge in [0, 0.05) is 17.8 Å². The summed E-state index contributed by atoms with van der Waals surface area (Å²) in [5, 5.41) is 8.94. The maximum Gasteiger partial charge on any atom is 0.134 e. The smallest absolute Gasteiger partial charge is 0.134 e. The molecule has 0 N–H and O–H groups in total. The predicted octanol–water partition coefficient (Wildman–Crippen LogP) is 1.77. The van der Waals surface area contributed by atoms with Crippen molar-refractivity contribution in [3.8, 4) is 29.4 Å². The monoisotopic (exact) mass is 265 g/mol. The molecule has 0 saturated heterocycles.